The minimum absolute atomic E-state index is 0.634. The van der Waals surface area contributed by atoms with E-state index < -0.39 is 0 Å². The number of aromatic amines is 1. The SMILES string of the molecule is C=C(C)/C=C\C(=C)C.CC.CC.CNC(C)C.Cc1cc[nH]c1. The number of hydrogen-bond donors (Lipinski definition) is 2. The third kappa shape index (κ3) is 44.9. The molecule has 0 aliphatic rings. The first-order valence-corrected chi connectivity index (χ1v) is 8.55. The summed E-state index contributed by atoms with van der Waals surface area (Å²) in [5.74, 6) is 0. The van der Waals surface area contributed by atoms with Crippen molar-refractivity contribution < 1.29 is 0 Å². The summed E-state index contributed by atoms with van der Waals surface area (Å²) >= 11 is 0. The molecule has 1 aromatic heterocycles. The first-order valence-electron chi connectivity index (χ1n) is 8.55. The highest BCUT2D eigenvalue weighted by Crippen LogP contribution is 1.94. The number of aromatic nitrogens is 1. The molecule has 0 unspecified atom stereocenters. The van der Waals surface area contributed by atoms with Crippen LogP contribution >= 0.6 is 0 Å². The van der Waals surface area contributed by atoms with E-state index in [4.69, 9.17) is 0 Å². The van der Waals surface area contributed by atoms with Gasteiger partial charge in [-0.3, -0.25) is 0 Å². The summed E-state index contributed by atoms with van der Waals surface area (Å²) in [7, 11) is 1.95. The zero-order chi connectivity index (χ0) is 19.3. The van der Waals surface area contributed by atoms with Gasteiger partial charge in [-0.05, 0) is 39.4 Å². The molecule has 0 amide bonds. The highest BCUT2D eigenvalue weighted by atomic mass is 14.8. The Kier molecular flexibility index (Phi) is 32.6. The highest BCUT2D eigenvalue weighted by molar-refractivity contribution is 5.20. The predicted octanol–water partition coefficient (Wildman–Crippen LogP) is 6.68. The predicted molar refractivity (Wildman–Crippen MR) is 111 cm³/mol. The van der Waals surface area contributed by atoms with Crippen molar-refractivity contribution in [2.75, 3.05) is 7.05 Å². The van der Waals surface area contributed by atoms with E-state index >= 15 is 0 Å². The van der Waals surface area contributed by atoms with Gasteiger partial charge in [0.15, 0.2) is 0 Å². The molecule has 1 aromatic rings. The van der Waals surface area contributed by atoms with E-state index in [1.807, 2.05) is 79.2 Å². The van der Waals surface area contributed by atoms with Crippen molar-refractivity contribution in [1.82, 2.24) is 10.3 Å². The summed E-state index contributed by atoms with van der Waals surface area (Å²) in [5, 5.41) is 3.03. The van der Waals surface area contributed by atoms with Crippen molar-refractivity contribution in [3.05, 3.63) is 60.5 Å². The maximum Gasteiger partial charge on any atom is 0.00345 e. The number of rotatable bonds is 3. The van der Waals surface area contributed by atoms with Crippen molar-refractivity contribution in [1.29, 1.82) is 0 Å². The molecular weight excluding hydrogens is 280 g/mol. The van der Waals surface area contributed by atoms with Gasteiger partial charge in [0.1, 0.15) is 0 Å². The van der Waals surface area contributed by atoms with Gasteiger partial charge in [0, 0.05) is 18.4 Å². The van der Waals surface area contributed by atoms with Gasteiger partial charge < -0.3 is 10.3 Å². The van der Waals surface area contributed by atoms with Crippen LogP contribution in [0.3, 0.4) is 0 Å². The normalized spacial score (nSPS) is 8.30. The second-order valence-corrected chi connectivity index (χ2v) is 4.86. The van der Waals surface area contributed by atoms with Gasteiger partial charge in [-0.15, -0.1) is 0 Å². The van der Waals surface area contributed by atoms with E-state index in [9.17, 15) is 0 Å². The molecule has 1 rings (SSSR count). The lowest BCUT2D eigenvalue weighted by Crippen LogP contribution is -2.15. The number of aryl methyl sites for hydroxylation is 1. The average Bonchev–Trinajstić information content (AvgIpc) is 3.01. The lowest BCUT2D eigenvalue weighted by molar-refractivity contribution is 0.668. The quantitative estimate of drug-likeness (QED) is 0.596. The number of hydrogen-bond acceptors (Lipinski definition) is 1. The van der Waals surface area contributed by atoms with Crippen LogP contribution in [-0.2, 0) is 0 Å². The first kappa shape index (κ1) is 29.5. The maximum atomic E-state index is 3.70. The molecule has 2 heteroatoms. The average molecular weight is 323 g/mol. The molecule has 2 N–H and O–H groups in total. The Morgan fingerprint density at radius 1 is 1.04 bits per heavy atom. The van der Waals surface area contributed by atoms with Crippen LogP contribution in [0.2, 0.25) is 0 Å². The summed E-state index contributed by atoms with van der Waals surface area (Å²) < 4.78 is 0. The van der Waals surface area contributed by atoms with E-state index in [1.165, 1.54) is 5.56 Å². The molecule has 2 nitrogen and oxygen atoms in total. The van der Waals surface area contributed by atoms with Gasteiger partial charge in [0.05, 0.1) is 0 Å². The van der Waals surface area contributed by atoms with Crippen LogP contribution in [-0.4, -0.2) is 18.1 Å². The van der Waals surface area contributed by atoms with Crippen molar-refractivity contribution >= 4 is 0 Å². The molecule has 0 fully saturated rings. The molecule has 0 saturated carbocycles. The van der Waals surface area contributed by atoms with Crippen molar-refractivity contribution in [2.45, 2.75) is 68.4 Å². The standard InChI is InChI=1S/C8H12.C5H7N.C4H11N.2C2H6/c1-7(2)5-6-8(3)4;1-5-2-3-6-4-5;1-4(2)5-3;2*1-2/h5-6H,1,3H2,2,4H3;2-4,6H,1H3;4-5H,1-3H3;2*1-2H3/b6-5-;;;;. The second-order valence-electron chi connectivity index (χ2n) is 4.86. The van der Waals surface area contributed by atoms with Crippen molar-refractivity contribution in [2.24, 2.45) is 0 Å². The van der Waals surface area contributed by atoms with Gasteiger partial charge in [-0.1, -0.05) is 78.0 Å². The number of nitrogens with one attached hydrogen (secondary N) is 2. The number of allylic oxidation sites excluding steroid dienone is 4. The molecule has 136 valence electrons. The fourth-order valence-electron chi connectivity index (χ4n) is 0.692. The first-order chi connectivity index (χ1) is 10.8. The molecule has 1 heterocycles. The minimum atomic E-state index is 0.634. The molecule has 0 aromatic carbocycles. The van der Waals surface area contributed by atoms with E-state index in [2.05, 4.69) is 44.2 Å². The van der Waals surface area contributed by atoms with Crippen LogP contribution in [0.1, 0.15) is 61.0 Å². The van der Waals surface area contributed by atoms with Gasteiger partial charge >= 0.3 is 0 Å². The fraction of sp³-hybridized carbons (Fsp3) is 0.524. The summed E-state index contributed by atoms with van der Waals surface area (Å²) in [6.45, 7) is 25.6. The molecule has 0 atom stereocenters. The van der Waals surface area contributed by atoms with Crippen LogP contribution < -0.4 is 5.32 Å². The van der Waals surface area contributed by atoms with Crippen LogP contribution in [0, 0.1) is 6.92 Å². The van der Waals surface area contributed by atoms with Gasteiger partial charge in [-0.25, -0.2) is 0 Å². The Bertz CT molecular complexity index is 341. The summed E-state index contributed by atoms with van der Waals surface area (Å²) in [6.07, 6.45) is 7.76. The Balaban J connectivity index is -0.000000108. The Hall–Kier alpha value is -1.54. The largest absolute Gasteiger partial charge is 0.367 e. The summed E-state index contributed by atoms with van der Waals surface area (Å²) in [5.41, 5.74) is 3.41. The lowest BCUT2D eigenvalue weighted by atomic mass is 10.2. The lowest BCUT2D eigenvalue weighted by Gasteiger charge is -1.95. The van der Waals surface area contributed by atoms with E-state index in [0.717, 1.165) is 11.1 Å². The zero-order valence-electron chi connectivity index (χ0n) is 17.4. The third-order valence-electron chi connectivity index (χ3n) is 1.98. The maximum absolute atomic E-state index is 3.70. The molecule has 0 bridgehead atoms. The molecule has 0 aliphatic carbocycles. The monoisotopic (exact) mass is 322 g/mol. The Labute approximate surface area is 146 Å². The topological polar surface area (TPSA) is 27.8 Å². The van der Waals surface area contributed by atoms with Crippen LogP contribution in [0.5, 0.6) is 0 Å². The smallest absolute Gasteiger partial charge is 0.00345 e. The third-order valence-corrected chi connectivity index (χ3v) is 1.98. The van der Waals surface area contributed by atoms with Gasteiger partial charge in [0.25, 0.3) is 0 Å². The Morgan fingerprint density at radius 3 is 1.48 bits per heavy atom. The minimum Gasteiger partial charge on any atom is -0.367 e. The molecule has 0 spiro atoms. The molecule has 0 saturated heterocycles. The molecule has 0 radical (unpaired) electrons. The van der Waals surface area contributed by atoms with Crippen LogP contribution in [0.25, 0.3) is 0 Å². The van der Waals surface area contributed by atoms with Gasteiger partial charge in [-0.2, -0.15) is 0 Å². The fourth-order valence-corrected chi connectivity index (χ4v) is 0.692. The summed E-state index contributed by atoms with van der Waals surface area (Å²) in [6, 6.07) is 2.66. The molecule has 0 aliphatic heterocycles. The zero-order valence-corrected chi connectivity index (χ0v) is 17.4. The molecular formula is C21H42N2. The highest BCUT2D eigenvalue weighted by Gasteiger charge is 1.77. The van der Waals surface area contributed by atoms with Crippen LogP contribution in [0.15, 0.2) is 54.9 Å². The second kappa shape index (κ2) is 25.4. The van der Waals surface area contributed by atoms with E-state index in [1.54, 1.807) is 0 Å². The van der Waals surface area contributed by atoms with E-state index in [-0.39, 0.29) is 0 Å². The van der Waals surface area contributed by atoms with E-state index in [0.29, 0.717) is 6.04 Å². The summed E-state index contributed by atoms with van der Waals surface area (Å²) in [4.78, 5) is 2.93. The van der Waals surface area contributed by atoms with Crippen molar-refractivity contribution in [3.63, 3.8) is 0 Å². The molecule has 23 heavy (non-hydrogen) atoms. The van der Waals surface area contributed by atoms with Crippen LogP contribution in [0.4, 0.5) is 0 Å². The number of H-pyrrole nitrogens is 1. The Morgan fingerprint density at radius 2 is 1.39 bits per heavy atom. The van der Waals surface area contributed by atoms with Crippen molar-refractivity contribution in [3.8, 4) is 0 Å². The van der Waals surface area contributed by atoms with Gasteiger partial charge in [0.2, 0.25) is 0 Å².